The molecular weight excluding hydrogens is 251 g/mol. The first-order chi connectivity index (χ1) is 8.27. The van der Waals surface area contributed by atoms with Gasteiger partial charge in [0.2, 0.25) is 5.91 Å². The number of benzene rings is 1. The summed E-state index contributed by atoms with van der Waals surface area (Å²) in [6, 6.07) is 4.17. The number of thiocarbonyl (C=S) groups is 1. The lowest BCUT2D eigenvalue weighted by Crippen LogP contribution is -2.30. The van der Waals surface area contributed by atoms with Crippen molar-refractivity contribution in [2.45, 2.75) is 27.2 Å². The molecule has 1 aromatic rings. The molecule has 0 saturated heterocycles. The maximum absolute atomic E-state index is 13.4. The fourth-order valence-corrected chi connectivity index (χ4v) is 1.41. The van der Waals surface area contributed by atoms with Crippen LogP contribution in [-0.2, 0) is 4.79 Å². The van der Waals surface area contributed by atoms with Crippen LogP contribution in [0, 0.1) is 11.2 Å². The molecule has 1 rings (SSSR count). The number of nitrogens with two attached hydrogens (primary N) is 1. The standard InChI is InChI=1S/C13H17FN2OS/c1-4-13(2,3)12(17)16-8-5-6-10(14)9(7-8)11(15)18/h5-7H,4H2,1-3H3,(H2,15,18)(H,16,17). The van der Waals surface area contributed by atoms with E-state index in [9.17, 15) is 9.18 Å². The van der Waals surface area contributed by atoms with Gasteiger partial charge in [0, 0.05) is 16.7 Å². The zero-order chi connectivity index (χ0) is 13.9. The van der Waals surface area contributed by atoms with Crippen LogP contribution >= 0.6 is 12.2 Å². The molecule has 1 aromatic carbocycles. The van der Waals surface area contributed by atoms with Crippen LogP contribution in [-0.4, -0.2) is 10.9 Å². The molecule has 0 heterocycles. The molecule has 0 radical (unpaired) electrons. The van der Waals surface area contributed by atoms with Crippen LogP contribution < -0.4 is 11.1 Å². The van der Waals surface area contributed by atoms with Crippen molar-refractivity contribution in [3.05, 3.63) is 29.6 Å². The summed E-state index contributed by atoms with van der Waals surface area (Å²) in [5.41, 5.74) is 5.56. The number of halogens is 1. The summed E-state index contributed by atoms with van der Waals surface area (Å²) >= 11 is 4.74. The smallest absolute Gasteiger partial charge is 0.230 e. The van der Waals surface area contributed by atoms with E-state index in [1.165, 1.54) is 18.2 Å². The Bertz CT molecular complexity index is 486. The molecule has 5 heteroatoms. The van der Waals surface area contributed by atoms with Crippen molar-refractivity contribution in [1.82, 2.24) is 0 Å². The fourth-order valence-electron chi connectivity index (χ4n) is 1.25. The number of nitrogens with one attached hydrogen (secondary N) is 1. The zero-order valence-corrected chi connectivity index (χ0v) is 11.5. The van der Waals surface area contributed by atoms with E-state index >= 15 is 0 Å². The van der Waals surface area contributed by atoms with Crippen molar-refractivity contribution in [2.75, 3.05) is 5.32 Å². The topological polar surface area (TPSA) is 55.1 Å². The second-order valence-electron chi connectivity index (χ2n) is 4.75. The van der Waals surface area contributed by atoms with E-state index in [1.807, 2.05) is 20.8 Å². The van der Waals surface area contributed by atoms with Gasteiger partial charge in [0.15, 0.2) is 0 Å². The predicted molar refractivity (Wildman–Crippen MR) is 75.0 cm³/mol. The van der Waals surface area contributed by atoms with Gasteiger partial charge in [-0.1, -0.05) is 33.0 Å². The van der Waals surface area contributed by atoms with Gasteiger partial charge < -0.3 is 11.1 Å². The highest BCUT2D eigenvalue weighted by Crippen LogP contribution is 2.23. The van der Waals surface area contributed by atoms with Crippen LogP contribution in [0.25, 0.3) is 0 Å². The highest BCUT2D eigenvalue weighted by molar-refractivity contribution is 7.80. The van der Waals surface area contributed by atoms with Crippen LogP contribution in [0.2, 0.25) is 0 Å². The minimum atomic E-state index is -0.491. The van der Waals surface area contributed by atoms with Crippen LogP contribution in [0.3, 0.4) is 0 Å². The van der Waals surface area contributed by atoms with Gasteiger partial charge in [0.1, 0.15) is 10.8 Å². The van der Waals surface area contributed by atoms with Gasteiger partial charge in [-0.15, -0.1) is 0 Å². The summed E-state index contributed by atoms with van der Waals surface area (Å²) in [5, 5.41) is 2.73. The largest absolute Gasteiger partial charge is 0.389 e. The Morgan fingerprint density at radius 2 is 2.11 bits per heavy atom. The van der Waals surface area contributed by atoms with Crippen molar-refractivity contribution in [3.63, 3.8) is 0 Å². The number of hydrogen-bond acceptors (Lipinski definition) is 2. The molecule has 1 amide bonds. The number of carbonyl (C=O) groups is 1. The van der Waals surface area contributed by atoms with Gasteiger partial charge >= 0.3 is 0 Å². The number of hydrogen-bond donors (Lipinski definition) is 2. The zero-order valence-electron chi connectivity index (χ0n) is 10.7. The first-order valence-corrected chi connectivity index (χ1v) is 6.09. The molecule has 0 aliphatic carbocycles. The third kappa shape index (κ3) is 3.26. The van der Waals surface area contributed by atoms with Crippen LogP contribution in [0.4, 0.5) is 10.1 Å². The molecule has 0 atom stereocenters. The third-order valence-corrected chi connectivity index (χ3v) is 3.21. The minimum absolute atomic E-state index is 0.0293. The highest BCUT2D eigenvalue weighted by Gasteiger charge is 2.25. The summed E-state index contributed by atoms with van der Waals surface area (Å²) in [4.78, 5) is 11.9. The van der Waals surface area contributed by atoms with Crippen molar-refractivity contribution in [2.24, 2.45) is 11.1 Å². The fraction of sp³-hybridized carbons (Fsp3) is 0.385. The predicted octanol–water partition coefficient (Wildman–Crippen LogP) is 2.83. The average molecular weight is 268 g/mol. The van der Waals surface area contributed by atoms with Crippen LogP contribution in [0.15, 0.2) is 18.2 Å². The number of carbonyl (C=O) groups excluding carboxylic acids is 1. The summed E-state index contributed by atoms with van der Waals surface area (Å²) < 4.78 is 13.4. The highest BCUT2D eigenvalue weighted by atomic mass is 32.1. The number of amides is 1. The molecule has 3 nitrogen and oxygen atoms in total. The Morgan fingerprint density at radius 3 is 2.61 bits per heavy atom. The molecule has 0 aliphatic rings. The molecule has 3 N–H and O–H groups in total. The molecule has 98 valence electrons. The van der Waals surface area contributed by atoms with Crippen molar-refractivity contribution >= 4 is 28.8 Å². The van der Waals surface area contributed by atoms with E-state index in [0.29, 0.717) is 12.1 Å². The number of rotatable bonds is 4. The SMILES string of the molecule is CCC(C)(C)C(=O)Nc1ccc(F)c(C(N)=S)c1. The van der Waals surface area contributed by atoms with Gasteiger partial charge in [0.25, 0.3) is 0 Å². The Morgan fingerprint density at radius 1 is 1.50 bits per heavy atom. The van der Waals surface area contributed by atoms with E-state index in [-0.39, 0.29) is 16.5 Å². The monoisotopic (exact) mass is 268 g/mol. The van der Waals surface area contributed by atoms with Gasteiger partial charge in [-0.2, -0.15) is 0 Å². The quantitative estimate of drug-likeness (QED) is 0.826. The molecule has 0 fully saturated rings. The van der Waals surface area contributed by atoms with Crippen molar-refractivity contribution < 1.29 is 9.18 Å². The van der Waals surface area contributed by atoms with E-state index in [2.05, 4.69) is 5.32 Å². The second-order valence-corrected chi connectivity index (χ2v) is 5.19. The van der Waals surface area contributed by atoms with Crippen LogP contribution in [0.1, 0.15) is 32.8 Å². The minimum Gasteiger partial charge on any atom is -0.389 e. The molecule has 0 aromatic heterocycles. The molecule has 0 aliphatic heterocycles. The van der Waals surface area contributed by atoms with Gasteiger partial charge in [-0.25, -0.2) is 4.39 Å². The second kappa shape index (κ2) is 5.44. The lowest BCUT2D eigenvalue weighted by atomic mass is 9.89. The molecule has 0 spiro atoms. The van der Waals surface area contributed by atoms with Crippen molar-refractivity contribution in [1.29, 1.82) is 0 Å². The Kier molecular flexibility index (Phi) is 4.40. The summed E-state index contributed by atoms with van der Waals surface area (Å²) in [7, 11) is 0. The average Bonchev–Trinajstić information content (AvgIpc) is 2.31. The normalized spacial score (nSPS) is 11.1. The lowest BCUT2D eigenvalue weighted by molar-refractivity contribution is -0.124. The Hall–Kier alpha value is -1.49. The lowest BCUT2D eigenvalue weighted by Gasteiger charge is -2.21. The molecule has 0 bridgehead atoms. The third-order valence-electron chi connectivity index (χ3n) is 2.99. The van der Waals surface area contributed by atoms with Gasteiger partial charge in [0.05, 0.1) is 0 Å². The molecule has 0 saturated carbocycles. The van der Waals surface area contributed by atoms with E-state index in [0.717, 1.165) is 0 Å². The summed E-state index contributed by atoms with van der Waals surface area (Å²) in [6.45, 7) is 5.63. The molecule has 18 heavy (non-hydrogen) atoms. The first-order valence-electron chi connectivity index (χ1n) is 5.68. The van der Waals surface area contributed by atoms with E-state index < -0.39 is 11.2 Å². The van der Waals surface area contributed by atoms with E-state index in [1.54, 1.807) is 0 Å². The molecule has 0 unspecified atom stereocenters. The van der Waals surface area contributed by atoms with Gasteiger partial charge in [-0.3, -0.25) is 4.79 Å². The number of anilines is 1. The van der Waals surface area contributed by atoms with Crippen molar-refractivity contribution in [3.8, 4) is 0 Å². The Labute approximate surface area is 112 Å². The van der Waals surface area contributed by atoms with Gasteiger partial charge in [-0.05, 0) is 24.6 Å². The maximum Gasteiger partial charge on any atom is 0.230 e. The maximum atomic E-state index is 13.4. The van der Waals surface area contributed by atoms with E-state index in [4.69, 9.17) is 18.0 Å². The summed E-state index contributed by atoms with van der Waals surface area (Å²) in [6.07, 6.45) is 0.711. The molecular formula is C13H17FN2OS. The van der Waals surface area contributed by atoms with Crippen LogP contribution in [0.5, 0.6) is 0 Å². The Balaban J connectivity index is 2.96. The first kappa shape index (κ1) is 14.6. The summed E-state index contributed by atoms with van der Waals surface area (Å²) in [5.74, 6) is -0.610.